The van der Waals surface area contributed by atoms with E-state index in [1.54, 1.807) is 18.2 Å². The zero-order valence-electron chi connectivity index (χ0n) is 15.1. The molecule has 0 radical (unpaired) electrons. The average molecular weight is 392 g/mol. The predicted molar refractivity (Wildman–Crippen MR) is 99.7 cm³/mol. The van der Waals surface area contributed by atoms with Gasteiger partial charge in [-0.2, -0.15) is 0 Å². The second-order valence-corrected chi connectivity index (χ2v) is 7.98. The van der Waals surface area contributed by atoms with E-state index in [-0.39, 0.29) is 29.3 Å². The fraction of sp³-hybridized carbons (Fsp3) is 0.500. The van der Waals surface area contributed by atoms with Crippen molar-refractivity contribution >= 4 is 34.4 Å². The highest BCUT2D eigenvalue weighted by molar-refractivity contribution is 6.35. The molecule has 27 heavy (non-hydrogen) atoms. The van der Waals surface area contributed by atoms with E-state index in [0.717, 1.165) is 25.7 Å². The number of furan rings is 1. The number of hydrogen-bond acceptors (Lipinski definition) is 5. The Bertz CT molecular complexity index is 860. The first kappa shape index (κ1) is 18.3. The number of ether oxygens (including phenoxy) is 2. The van der Waals surface area contributed by atoms with E-state index < -0.39 is 0 Å². The minimum absolute atomic E-state index is 0.0103. The molecule has 2 aliphatic rings. The number of fused-ring (bicyclic) bond motifs is 1. The highest BCUT2D eigenvalue weighted by Gasteiger charge is 2.49. The quantitative estimate of drug-likeness (QED) is 0.806. The standard InChI is InChI=1S/C20H22ClNO5/c1-25-19(24)12-8-20(9-12)6-4-13(27-11-20)10-22-18(23)15-2-3-16(21)17-14(15)5-7-26-17/h2-3,5,7,12-13H,4,6,8-11H2,1H3,(H,22,23). The van der Waals surface area contributed by atoms with Gasteiger partial charge in [0.05, 0.1) is 42.6 Å². The van der Waals surface area contributed by atoms with Crippen molar-refractivity contribution in [3.8, 4) is 0 Å². The molecule has 1 saturated carbocycles. The molecule has 1 saturated heterocycles. The lowest BCUT2D eigenvalue weighted by Crippen LogP contribution is -2.50. The molecule has 1 unspecified atom stereocenters. The van der Waals surface area contributed by atoms with Crippen LogP contribution in [0.4, 0.5) is 0 Å². The lowest BCUT2D eigenvalue weighted by Gasteiger charge is -2.50. The highest BCUT2D eigenvalue weighted by atomic mass is 35.5. The number of esters is 1. The zero-order chi connectivity index (χ0) is 19.0. The molecule has 2 aromatic rings. The summed E-state index contributed by atoms with van der Waals surface area (Å²) in [4.78, 5) is 24.1. The topological polar surface area (TPSA) is 77.8 Å². The Morgan fingerprint density at radius 1 is 1.33 bits per heavy atom. The van der Waals surface area contributed by atoms with E-state index in [4.69, 9.17) is 25.5 Å². The second-order valence-electron chi connectivity index (χ2n) is 7.57. The molecule has 1 aliphatic heterocycles. The normalized spacial score (nSPS) is 27.3. The molecule has 1 aromatic heterocycles. The summed E-state index contributed by atoms with van der Waals surface area (Å²) in [6.45, 7) is 1.09. The zero-order valence-corrected chi connectivity index (χ0v) is 15.9. The van der Waals surface area contributed by atoms with Crippen molar-refractivity contribution in [2.45, 2.75) is 31.8 Å². The Kier molecular flexibility index (Phi) is 4.86. The molecule has 144 valence electrons. The molecular formula is C20H22ClNO5. The van der Waals surface area contributed by atoms with Crippen LogP contribution in [0.15, 0.2) is 28.9 Å². The van der Waals surface area contributed by atoms with Crippen LogP contribution in [0.5, 0.6) is 0 Å². The molecule has 6 nitrogen and oxygen atoms in total. The van der Waals surface area contributed by atoms with Gasteiger partial charge in [-0.05, 0) is 49.3 Å². The van der Waals surface area contributed by atoms with Gasteiger partial charge in [-0.25, -0.2) is 0 Å². The number of amides is 1. The van der Waals surface area contributed by atoms with Crippen molar-refractivity contribution in [1.82, 2.24) is 5.32 Å². The Balaban J connectivity index is 1.29. The molecule has 1 N–H and O–H groups in total. The predicted octanol–water partition coefficient (Wildman–Crippen LogP) is 3.56. The summed E-state index contributed by atoms with van der Waals surface area (Å²) < 4.78 is 16.1. The molecule has 1 amide bonds. The third-order valence-corrected chi connectivity index (χ3v) is 6.12. The van der Waals surface area contributed by atoms with Crippen molar-refractivity contribution in [1.29, 1.82) is 0 Å². The van der Waals surface area contributed by atoms with E-state index in [9.17, 15) is 9.59 Å². The number of benzene rings is 1. The lowest BCUT2D eigenvalue weighted by molar-refractivity contribution is -0.164. The van der Waals surface area contributed by atoms with Gasteiger partial charge in [0.1, 0.15) is 0 Å². The van der Waals surface area contributed by atoms with E-state index in [1.807, 2.05) is 0 Å². The highest BCUT2D eigenvalue weighted by Crippen LogP contribution is 2.51. The SMILES string of the molecule is COC(=O)C1CC2(CCC(CNC(=O)c3ccc(Cl)c4occc34)OC2)C1. The van der Waals surface area contributed by atoms with Crippen molar-refractivity contribution in [2.24, 2.45) is 11.3 Å². The van der Waals surface area contributed by atoms with Crippen molar-refractivity contribution in [3.63, 3.8) is 0 Å². The molecule has 1 aliphatic carbocycles. The monoisotopic (exact) mass is 391 g/mol. The van der Waals surface area contributed by atoms with Crippen LogP contribution in [0.3, 0.4) is 0 Å². The summed E-state index contributed by atoms with van der Waals surface area (Å²) >= 11 is 6.08. The number of rotatable bonds is 4. The molecule has 4 rings (SSSR count). The number of nitrogens with one attached hydrogen (secondary N) is 1. The fourth-order valence-corrected chi connectivity index (χ4v) is 4.46. The summed E-state index contributed by atoms with van der Waals surface area (Å²) in [5.74, 6) is -0.281. The molecule has 1 atom stereocenters. The molecule has 2 fully saturated rings. The lowest BCUT2D eigenvalue weighted by atomic mass is 9.59. The van der Waals surface area contributed by atoms with Crippen molar-refractivity contribution < 1.29 is 23.5 Å². The van der Waals surface area contributed by atoms with Crippen LogP contribution in [0.2, 0.25) is 5.02 Å². The minimum atomic E-state index is -0.170. The van der Waals surface area contributed by atoms with Gasteiger partial charge in [-0.1, -0.05) is 11.6 Å². The molecule has 1 aromatic carbocycles. The number of carbonyl (C=O) groups excluding carboxylic acids is 2. The maximum Gasteiger partial charge on any atom is 0.308 e. The van der Waals surface area contributed by atoms with Crippen LogP contribution in [0, 0.1) is 11.3 Å². The van der Waals surface area contributed by atoms with Gasteiger partial charge in [0.2, 0.25) is 0 Å². The first-order valence-corrected chi connectivity index (χ1v) is 9.52. The number of halogens is 1. The van der Waals surface area contributed by atoms with E-state index in [1.165, 1.54) is 13.4 Å². The summed E-state index contributed by atoms with van der Waals surface area (Å²) in [6, 6.07) is 5.11. The van der Waals surface area contributed by atoms with Crippen LogP contribution in [-0.2, 0) is 14.3 Å². The molecule has 7 heteroatoms. The van der Waals surface area contributed by atoms with Crippen LogP contribution in [-0.4, -0.2) is 38.2 Å². The van der Waals surface area contributed by atoms with Crippen LogP contribution < -0.4 is 5.32 Å². The number of methoxy groups -OCH3 is 1. The molecule has 0 bridgehead atoms. The van der Waals surface area contributed by atoms with Crippen LogP contribution in [0.25, 0.3) is 11.0 Å². The largest absolute Gasteiger partial charge is 0.469 e. The number of carbonyl (C=O) groups is 2. The summed E-state index contributed by atoms with van der Waals surface area (Å²) in [6.07, 6.45) is 5.06. The van der Waals surface area contributed by atoms with E-state index >= 15 is 0 Å². The van der Waals surface area contributed by atoms with Gasteiger partial charge in [-0.3, -0.25) is 9.59 Å². The summed E-state index contributed by atoms with van der Waals surface area (Å²) in [5, 5.41) is 4.13. The summed E-state index contributed by atoms with van der Waals surface area (Å²) in [5.41, 5.74) is 1.17. The van der Waals surface area contributed by atoms with Gasteiger partial charge >= 0.3 is 5.97 Å². The Morgan fingerprint density at radius 2 is 2.15 bits per heavy atom. The Hall–Kier alpha value is -2.05. The van der Waals surface area contributed by atoms with Gasteiger partial charge in [0.25, 0.3) is 5.91 Å². The van der Waals surface area contributed by atoms with Gasteiger partial charge < -0.3 is 19.2 Å². The van der Waals surface area contributed by atoms with Crippen molar-refractivity contribution in [3.05, 3.63) is 35.0 Å². The smallest absolute Gasteiger partial charge is 0.308 e. The number of hydrogen-bond donors (Lipinski definition) is 1. The summed E-state index contributed by atoms with van der Waals surface area (Å²) in [7, 11) is 1.43. The van der Waals surface area contributed by atoms with E-state index in [0.29, 0.717) is 34.7 Å². The maximum absolute atomic E-state index is 12.6. The fourth-order valence-electron chi connectivity index (χ4n) is 4.25. The van der Waals surface area contributed by atoms with Crippen molar-refractivity contribution in [2.75, 3.05) is 20.3 Å². The third kappa shape index (κ3) is 3.44. The van der Waals surface area contributed by atoms with Crippen LogP contribution >= 0.6 is 11.6 Å². The first-order chi connectivity index (χ1) is 13.0. The van der Waals surface area contributed by atoms with Gasteiger partial charge in [0, 0.05) is 11.9 Å². The Labute approximate surface area is 162 Å². The first-order valence-electron chi connectivity index (χ1n) is 9.15. The third-order valence-electron chi connectivity index (χ3n) is 5.82. The van der Waals surface area contributed by atoms with E-state index in [2.05, 4.69) is 5.32 Å². The Morgan fingerprint density at radius 3 is 2.85 bits per heavy atom. The van der Waals surface area contributed by atoms with Crippen LogP contribution in [0.1, 0.15) is 36.0 Å². The molecular weight excluding hydrogens is 370 g/mol. The average Bonchev–Trinajstić information content (AvgIpc) is 3.15. The minimum Gasteiger partial charge on any atom is -0.469 e. The van der Waals surface area contributed by atoms with Gasteiger partial charge in [-0.15, -0.1) is 0 Å². The second kappa shape index (κ2) is 7.17. The molecule has 1 spiro atoms. The molecule has 2 heterocycles. The van der Waals surface area contributed by atoms with Gasteiger partial charge in [0.15, 0.2) is 5.58 Å². The maximum atomic E-state index is 12.6.